The van der Waals surface area contributed by atoms with Gasteiger partial charge in [0, 0.05) is 32.9 Å². The topological polar surface area (TPSA) is 60.5 Å². The van der Waals surface area contributed by atoms with Crippen LogP contribution in [0.3, 0.4) is 0 Å². The van der Waals surface area contributed by atoms with E-state index in [1.165, 1.54) is 11.8 Å². The van der Waals surface area contributed by atoms with Gasteiger partial charge in [-0.3, -0.25) is 9.69 Å². The van der Waals surface area contributed by atoms with E-state index >= 15 is 0 Å². The highest BCUT2D eigenvalue weighted by Gasteiger charge is 2.33. The van der Waals surface area contributed by atoms with Crippen molar-refractivity contribution in [3.05, 3.63) is 129 Å². The maximum Gasteiger partial charge on any atom is 0.266 e. The first-order chi connectivity index (χ1) is 19.9. The van der Waals surface area contributed by atoms with E-state index in [4.69, 9.17) is 49.7 Å². The lowest BCUT2D eigenvalue weighted by molar-refractivity contribution is -0.122. The first-order valence-corrected chi connectivity index (χ1v) is 14.5. The zero-order valence-corrected chi connectivity index (χ0v) is 24.5. The number of aromatic nitrogens is 2. The average molecular weight is 619 g/mol. The quantitative estimate of drug-likeness (QED) is 0.129. The van der Waals surface area contributed by atoms with Crippen LogP contribution in [0.5, 0.6) is 5.75 Å². The van der Waals surface area contributed by atoms with Crippen molar-refractivity contribution in [2.24, 2.45) is 0 Å². The van der Waals surface area contributed by atoms with Crippen molar-refractivity contribution >= 4 is 63.5 Å². The molecule has 0 bridgehead atoms. The monoisotopic (exact) mass is 617 g/mol. The molecule has 1 amide bonds. The first kappa shape index (κ1) is 27.4. The van der Waals surface area contributed by atoms with Crippen LogP contribution in [0.2, 0.25) is 10.0 Å². The number of thiocarbonyl (C=S) groups is 1. The first-order valence-electron chi connectivity index (χ1n) is 12.5. The minimum Gasteiger partial charge on any atom is -0.489 e. The van der Waals surface area contributed by atoms with Gasteiger partial charge in [-0.2, -0.15) is 5.10 Å². The van der Waals surface area contributed by atoms with Gasteiger partial charge in [-0.25, -0.2) is 4.68 Å². The standard InChI is InChI=1S/C31H21Cl2N3O3S2/c32-23-11-8-21(27(33)16-23)19-39-25-12-9-20(10-13-25)29-22(17-36(34-29)24-5-2-1-3-6-24)15-28-30(37)35(31(40)41-28)18-26-7-4-14-38-26/h1-17H,18-19H2. The van der Waals surface area contributed by atoms with Crippen LogP contribution < -0.4 is 4.74 Å². The van der Waals surface area contributed by atoms with Crippen molar-refractivity contribution in [2.45, 2.75) is 13.2 Å². The Bertz CT molecular complexity index is 1750. The molecule has 3 aromatic carbocycles. The fraction of sp³-hybridized carbons (Fsp3) is 0.0645. The Kier molecular flexibility index (Phi) is 7.98. The minimum absolute atomic E-state index is 0.167. The van der Waals surface area contributed by atoms with Gasteiger partial charge >= 0.3 is 0 Å². The highest BCUT2D eigenvalue weighted by molar-refractivity contribution is 8.26. The molecule has 6 rings (SSSR count). The van der Waals surface area contributed by atoms with E-state index in [1.807, 2.05) is 79.0 Å². The third-order valence-electron chi connectivity index (χ3n) is 6.35. The molecule has 6 nitrogen and oxygen atoms in total. The summed E-state index contributed by atoms with van der Waals surface area (Å²) in [5.41, 5.74) is 4.12. The van der Waals surface area contributed by atoms with Crippen molar-refractivity contribution in [2.75, 3.05) is 0 Å². The molecule has 2 aromatic heterocycles. The molecule has 0 atom stereocenters. The summed E-state index contributed by atoms with van der Waals surface area (Å²) in [6.45, 7) is 0.594. The van der Waals surface area contributed by atoms with E-state index in [9.17, 15) is 4.79 Å². The number of carbonyl (C=O) groups is 1. The minimum atomic E-state index is -0.167. The van der Waals surface area contributed by atoms with Crippen molar-refractivity contribution in [1.82, 2.24) is 14.7 Å². The van der Waals surface area contributed by atoms with Crippen LogP contribution in [0.25, 0.3) is 23.0 Å². The zero-order chi connectivity index (χ0) is 28.3. The summed E-state index contributed by atoms with van der Waals surface area (Å²) in [5.74, 6) is 1.18. The van der Waals surface area contributed by atoms with Crippen molar-refractivity contribution < 1.29 is 13.9 Å². The third-order valence-corrected chi connectivity index (χ3v) is 8.32. The Labute approximate surface area is 256 Å². The normalized spacial score (nSPS) is 14.3. The van der Waals surface area contributed by atoms with Crippen LogP contribution >= 0.6 is 47.2 Å². The number of halogens is 2. The van der Waals surface area contributed by atoms with Gasteiger partial charge in [0.1, 0.15) is 22.4 Å². The van der Waals surface area contributed by atoms with Gasteiger partial charge in [0.25, 0.3) is 5.91 Å². The maximum atomic E-state index is 13.3. The van der Waals surface area contributed by atoms with Crippen molar-refractivity contribution in [1.29, 1.82) is 0 Å². The molecule has 0 spiro atoms. The Morgan fingerprint density at radius 1 is 1.00 bits per heavy atom. The molecule has 1 aliphatic rings. The lowest BCUT2D eigenvalue weighted by Crippen LogP contribution is -2.27. The van der Waals surface area contributed by atoms with Gasteiger partial charge < -0.3 is 9.15 Å². The molecule has 1 aliphatic heterocycles. The van der Waals surface area contributed by atoms with Crippen LogP contribution in [-0.4, -0.2) is 24.9 Å². The fourth-order valence-electron chi connectivity index (χ4n) is 4.28. The molecule has 1 saturated heterocycles. The third kappa shape index (κ3) is 6.11. The van der Waals surface area contributed by atoms with Gasteiger partial charge in [-0.15, -0.1) is 0 Å². The maximum absolute atomic E-state index is 13.3. The molecule has 0 radical (unpaired) electrons. The van der Waals surface area contributed by atoms with E-state index in [-0.39, 0.29) is 12.5 Å². The number of carbonyl (C=O) groups excluding carboxylic acids is 1. The SMILES string of the molecule is O=C1C(=Cc2cn(-c3ccccc3)nc2-c2ccc(OCc3ccc(Cl)cc3Cl)cc2)SC(=S)N1Cc1ccco1. The molecule has 0 saturated carbocycles. The summed E-state index contributed by atoms with van der Waals surface area (Å²) in [7, 11) is 0. The summed E-state index contributed by atoms with van der Waals surface area (Å²) in [6.07, 6.45) is 5.34. The molecule has 3 heterocycles. The molecular weight excluding hydrogens is 597 g/mol. The number of hydrogen-bond acceptors (Lipinski definition) is 6. The van der Waals surface area contributed by atoms with Gasteiger partial charge in [-0.05, 0) is 66.7 Å². The number of para-hydroxylation sites is 1. The van der Waals surface area contributed by atoms with E-state index < -0.39 is 0 Å². The highest BCUT2D eigenvalue weighted by atomic mass is 35.5. The summed E-state index contributed by atoms with van der Waals surface area (Å²) in [5, 5.41) is 6.01. The van der Waals surface area contributed by atoms with Gasteiger partial charge in [0.15, 0.2) is 0 Å². The molecule has 204 valence electrons. The lowest BCUT2D eigenvalue weighted by atomic mass is 10.1. The van der Waals surface area contributed by atoms with E-state index in [0.29, 0.717) is 37.4 Å². The molecule has 0 aliphatic carbocycles. The number of amides is 1. The van der Waals surface area contributed by atoms with Crippen molar-refractivity contribution in [3.63, 3.8) is 0 Å². The van der Waals surface area contributed by atoms with E-state index in [0.717, 1.165) is 28.1 Å². The van der Waals surface area contributed by atoms with Crippen molar-refractivity contribution in [3.8, 4) is 22.7 Å². The number of benzene rings is 3. The van der Waals surface area contributed by atoms with Gasteiger partial charge in [0.2, 0.25) is 0 Å². The second-order valence-electron chi connectivity index (χ2n) is 9.11. The van der Waals surface area contributed by atoms with Gasteiger partial charge in [0.05, 0.1) is 29.1 Å². The lowest BCUT2D eigenvalue weighted by Gasteiger charge is -2.11. The number of hydrogen-bond donors (Lipinski definition) is 0. The predicted molar refractivity (Wildman–Crippen MR) is 167 cm³/mol. The van der Waals surface area contributed by atoms with Crippen LogP contribution in [-0.2, 0) is 17.9 Å². The highest BCUT2D eigenvalue weighted by Crippen LogP contribution is 2.36. The number of ether oxygens (including phenoxy) is 1. The summed E-state index contributed by atoms with van der Waals surface area (Å²) in [6, 6.07) is 26.4. The molecule has 5 aromatic rings. The van der Waals surface area contributed by atoms with E-state index in [2.05, 4.69) is 0 Å². The Morgan fingerprint density at radius 2 is 1.80 bits per heavy atom. The fourth-order valence-corrected chi connectivity index (χ4v) is 5.98. The van der Waals surface area contributed by atoms with E-state index in [1.54, 1.807) is 34.0 Å². The van der Waals surface area contributed by atoms with Crippen LogP contribution in [0.15, 0.2) is 107 Å². The molecule has 1 fully saturated rings. The Balaban J connectivity index is 1.28. The largest absolute Gasteiger partial charge is 0.489 e. The Hall–Kier alpha value is -3.82. The number of nitrogens with zero attached hydrogens (tertiary/aromatic N) is 3. The predicted octanol–water partition coefficient (Wildman–Crippen LogP) is 8.42. The second kappa shape index (κ2) is 12.0. The molecular formula is C31H21Cl2N3O3S2. The van der Waals surface area contributed by atoms with Crippen LogP contribution in [0.4, 0.5) is 0 Å². The number of rotatable bonds is 8. The number of thioether (sulfide) groups is 1. The second-order valence-corrected chi connectivity index (χ2v) is 11.6. The summed E-state index contributed by atoms with van der Waals surface area (Å²) >= 11 is 19.1. The smallest absolute Gasteiger partial charge is 0.266 e. The van der Waals surface area contributed by atoms with Crippen LogP contribution in [0, 0.1) is 0 Å². The Morgan fingerprint density at radius 3 is 2.54 bits per heavy atom. The molecule has 0 unspecified atom stereocenters. The molecule has 41 heavy (non-hydrogen) atoms. The van der Waals surface area contributed by atoms with Gasteiger partial charge in [-0.1, -0.05) is 71.4 Å². The zero-order valence-electron chi connectivity index (χ0n) is 21.4. The molecule has 10 heteroatoms. The average Bonchev–Trinajstić information content (AvgIpc) is 3.71. The summed E-state index contributed by atoms with van der Waals surface area (Å²) in [4.78, 5) is 15.4. The van der Waals surface area contributed by atoms with Crippen LogP contribution in [0.1, 0.15) is 16.9 Å². The number of furan rings is 1. The molecule has 0 N–H and O–H groups in total. The summed E-state index contributed by atoms with van der Waals surface area (Å²) < 4.78 is 13.7.